The summed E-state index contributed by atoms with van der Waals surface area (Å²) in [4.78, 5) is 11.1. The molecule has 31 heavy (non-hydrogen) atoms. The van der Waals surface area contributed by atoms with Gasteiger partial charge < -0.3 is 10.6 Å². The van der Waals surface area contributed by atoms with Gasteiger partial charge in [0, 0.05) is 18.3 Å². The fourth-order valence-electron chi connectivity index (χ4n) is 3.11. The van der Waals surface area contributed by atoms with Gasteiger partial charge in [-0.3, -0.25) is 0 Å². The zero-order chi connectivity index (χ0) is 23.2. The first-order chi connectivity index (χ1) is 14.1. The molecule has 2 N–H and O–H groups in total. The summed E-state index contributed by atoms with van der Waals surface area (Å²) < 4.78 is 103. The molecule has 0 spiro atoms. The van der Waals surface area contributed by atoms with Crippen molar-refractivity contribution in [3.8, 4) is 11.8 Å². The molecule has 5 nitrogen and oxygen atoms in total. The molecular weight excluding hydrogens is 438 g/mol. The predicted molar refractivity (Wildman–Crippen MR) is 94.3 cm³/mol. The van der Waals surface area contributed by atoms with Crippen molar-refractivity contribution in [2.24, 2.45) is 11.3 Å². The molecule has 0 bridgehead atoms. The molecule has 0 amide bonds. The lowest BCUT2D eigenvalue weighted by Gasteiger charge is -2.38. The van der Waals surface area contributed by atoms with Crippen LogP contribution in [0.5, 0.6) is 0 Å². The fraction of sp³-hybridized carbons (Fsp3) is 0.722. The Kier molecular flexibility index (Phi) is 5.73. The quantitative estimate of drug-likeness (QED) is 0.493. The third kappa shape index (κ3) is 5.65. The number of nitrogens with zero attached hydrogens (tertiary/aromatic N) is 3. The fourth-order valence-corrected chi connectivity index (χ4v) is 3.11. The monoisotopic (exact) mass is 457 g/mol. The van der Waals surface area contributed by atoms with Crippen molar-refractivity contribution >= 4 is 11.9 Å². The summed E-state index contributed by atoms with van der Waals surface area (Å²) in [5.41, 5.74) is -0.645. The molecule has 2 saturated carbocycles. The van der Waals surface area contributed by atoms with Crippen molar-refractivity contribution in [3.63, 3.8) is 0 Å². The van der Waals surface area contributed by atoms with Crippen molar-refractivity contribution in [1.82, 2.24) is 15.0 Å². The van der Waals surface area contributed by atoms with Crippen LogP contribution in [-0.2, 0) is 0 Å². The molecule has 1 aromatic rings. The zero-order valence-electron chi connectivity index (χ0n) is 16.4. The van der Waals surface area contributed by atoms with Crippen LogP contribution in [0.25, 0.3) is 0 Å². The first kappa shape index (κ1) is 23.3. The largest absolute Gasteiger partial charge is 0.408 e. The molecule has 0 radical (unpaired) electrons. The van der Waals surface area contributed by atoms with Gasteiger partial charge in [0.1, 0.15) is 12.1 Å². The van der Waals surface area contributed by atoms with Crippen LogP contribution >= 0.6 is 0 Å². The van der Waals surface area contributed by atoms with Gasteiger partial charge in [-0.05, 0) is 38.5 Å². The lowest BCUT2D eigenvalue weighted by molar-refractivity contribution is -0.139. The molecule has 1 aromatic heterocycles. The summed E-state index contributed by atoms with van der Waals surface area (Å²) in [6.07, 6.45) is -8.75. The molecule has 172 valence electrons. The summed E-state index contributed by atoms with van der Waals surface area (Å²) in [5, 5.41) is 3.94. The Labute approximate surface area is 172 Å². The lowest BCUT2D eigenvalue weighted by Crippen LogP contribution is -2.40. The van der Waals surface area contributed by atoms with E-state index in [4.69, 9.17) is 0 Å². The highest BCUT2D eigenvalue weighted by molar-refractivity contribution is 5.41. The van der Waals surface area contributed by atoms with Gasteiger partial charge in [-0.2, -0.15) is 41.3 Å². The maximum atomic E-state index is 13.2. The van der Waals surface area contributed by atoms with Gasteiger partial charge >= 0.3 is 12.4 Å². The van der Waals surface area contributed by atoms with E-state index in [-0.39, 0.29) is 24.6 Å². The molecule has 1 heterocycles. The average molecular weight is 457 g/mol. The van der Waals surface area contributed by atoms with Crippen molar-refractivity contribution in [2.75, 3.05) is 10.6 Å². The van der Waals surface area contributed by atoms with Crippen molar-refractivity contribution in [1.29, 1.82) is 0 Å². The highest BCUT2D eigenvalue weighted by Gasteiger charge is 2.59. The lowest BCUT2D eigenvalue weighted by atomic mass is 9.71. The highest BCUT2D eigenvalue weighted by Crippen LogP contribution is 2.62. The van der Waals surface area contributed by atoms with Crippen LogP contribution in [0.2, 0.25) is 0 Å². The summed E-state index contributed by atoms with van der Waals surface area (Å²) in [6, 6.07) is -4.17. The number of halogens is 8. The predicted octanol–water partition coefficient (Wildman–Crippen LogP) is 4.77. The second-order valence-corrected chi connectivity index (χ2v) is 7.99. The Morgan fingerprint density at radius 3 is 1.68 bits per heavy atom. The van der Waals surface area contributed by atoms with E-state index in [2.05, 4.69) is 26.8 Å². The van der Waals surface area contributed by atoms with Crippen LogP contribution in [0.4, 0.5) is 47.0 Å². The normalized spacial score (nSPS) is 21.9. The molecule has 13 heteroatoms. The maximum absolute atomic E-state index is 13.2. The van der Waals surface area contributed by atoms with Gasteiger partial charge in [-0.25, -0.2) is 8.78 Å². The number of aromatic nitrogens is 3. The Balaban J connectivity index is 1.85. The van der Waals surface area contributed by atoms with Crippen LogP contribution in [0, 0.1) is 23.2 Å². The van der Waals surface area contributed by atoms with Gasteiger partial charge in [0.05, 0.1) is 0 Å². The van der Waals surface area contributed by atoms with E-state index < -0.39 is 47.7 Å². The zero-order valence-corrected chi connectivity index (χ0v) is 16.4. The van der Waals surface area contributed by atoms with Crippen molar-refractivity contribution in [3.05, 3.63) is 5.82 Å². The van der Waals surface area contributed by atoms with Crippen molar-refractivity contribution in [2.45, 2.75) is 69.9 Å². The summed E-state index contributed by atoms with van der Waals surface area (Å²) in [7, 11) is 0. The molecule has 2 aliphatic rings. The van der Waals surface area contributed by atoms with Crippen molar-refractivity contribution < 1.29 is 35.1 Å². The van der Waals surface area contributed by atoms with E-state index in [0.717, 1.165) is 13.8 Å². The molecule has 0 aromatic carbocycles. The first-order valence-electron chi connectivity index (χ1n) is 9.43. The Bertz CT molecular complexity index is 833. The Hall–Kier alpha value is -2.39. The van der Waals surface area contributed by atoms with Gasteiger partial charge in [0.15, 0.2) is 0 Å². The van der Waals surface area contributed by atoms with E-state index in [9.17, 15) is 35.1 Å². The van der Waals surface area contributed by atoms with Crippen LogP contribution in [0.3, 0.4) is 0 Å². The van der Waals surface area contributed by atoms with E-state index in [1.807, 2.05) is 10.6 Å². The number of hydrogen-bond acceptors (Lipinski definition) is 5. The SMILES string of the molecule is C[C@@H](Nc1nc(C#CC2(C3CC(F)(F)C3)CC2)nc(N[C@H](C)C(F)(F)F)n1)C(F)(F)F. The van der Waals surface area contributed by atoms with Gasteiger partial charge in [0.2, 0.25) is 23.6 Å². The minimum Gasteiger partial charge on any atom is -0.343 e. The molecule has 3 rings (SSSR count). The molecule has 2 aliphatic carbocycles. The summed E-state index contributed by atoms with van der Waals surface area (Å²) in [6.45, 7) is 1.58. The van der Waals surface area contributed by atoms with E-state index in [0.29, 0.717) is 12.8 Å². The number of hydrogen-bond donors (Lipinski definition) is 2. The van der Waals surface area contributed by atoms with Crippen LogP contribution in [0.15, 0.2) is 0 Å². The second kappa shape index (κ2) is 7.63. The average Bonchev–Trinajstić information content (AvgIpc) is 3.37. The standard InChI is InChI=1S/C18H19F8N5/c1-9(17(21,22)23)27-13-29-12(30-14(31-13)28-10(2)18(24,25)26)3-4-15(5-6-15)11-7-16(19,20)8-11/h9-11H,5-8H2,1-2H3,(H2,27,28,29,30,31)/t9-,10-/m1/s1. The van der Waals surface area contributed by atoms with Gasteiger partial charge in [-0.15, -0.1) is 0 Å². The van der Waals surface area contributed by atoms with E-state index >= 15 is 0 Å². The number of alkyl halides is 8. The van der Waals surface area contributed by atoms with Crippen LogP contribution in [-0.4, -0.2) is 45.3 Å². The Morgan fingerprint density at radius 1 is 0.871 bits per heavy atom. The first-order valence-corrected chi connectivity index (χ1v) is 9.43. The second-order valence-electron chi connectivity index (χ2n) is 7.99. The van der Waals surface area contributed by atoms with Gasteiger partial charge in [0.25, 0.3) is 0 Å². The minimum absolute atomic E-state index is 0.301. The smallest absolute Gasteiger partial charge is 0.343 e. The molecule has 0 unspecified atom stereocenters. The molecule has 2 atom stereocenters. The topological polar surface area (TPSA) is 62.7 Å². The third-order valence-corrected chi connectivity index (χ3v) is 5.39. The van der Waals surface area contributed by atoms with Crippen LogP contribution < -0.4 is 10.6 Å². The van der Waals surface area contributed by atoms with E-state index in [1.54, 1.807) is 0 Å². The Morgan fingerprint density at radius 2 is 1.32 bits per heavy atom. The number of rotatable bonds is 5. The summed E-state index contributed by atoms with van der Waals surface area (Å²) >= 11 is 0. The molecule has 0 aliphatic heterocycles. The maximum Gasteiger partial charge on any atom is 0.408 e. The van der Waals surface area contributed by atoms with Gasteiger partial charge in [-0.1, -0.05) is 5.92 Å². The van der Waals surface area contributed by atoms with E-state index in [1.165, 1.54) is 0 Å². The highest BCUT2D eigenvalue weighted by atomic mass is 19.4. The molecular formula is C18H19F8N5. The van der Waals surface area contributed by atoms with Crippen LogP contribution in [0.1, 0.15) is 45.4 Å². The minimum atomic E-state index is -4.65. The summed E-state index contributed by atoms with van der Waals surface area (Å²) in [5.74, 6) is 0.712. The third-order valence-electron chi connectivity index (χ3n) is 5.39. The molecule has 0 saturated heterocycles. The molecule has 2 fully saturated rings. The number of nitrogens with one attached hydrogen (secondary N) is 2. The number of anilines is 2.